The zero-order valence-corrected chi connectivity index (χ0v) is 25.5. The molecule has 6 aromatic rings. The Morgan fingerprint density at radius 2 is 0.907 bits per heavy atom. The number of thioether (sulfide) groups is 1. The predicted molar refractivity (Wildman–Crippen MR) is 177 cm³/mol. The molecule has 43 heavy (non-hydrogen) atoms. The second-order valence-corrected chi connectivity index (χ2v) is 11.8. The third-order valence-electron chi connectivity index (χ3n) is 7.73. The van der Waals surface area contributed by atoms with Crippen molar-refractivity contribution in [3.8, 4) is 45.0 Å². The molecule has 4 heterocycles. The summed E-state index contributed by atoms with van der Waals surface area (Å²) < 4.78 is 4.90. The first-order chi connectivity index (χ1) is 21.2. The van der Waals surface area contributed by atoms with Crippen molar-refractivity contribution in [1.82, 2.24) is 9.97 Å². The van der Waals surface area contributed by atoms with E-state index in [1.807, 2.05) is 48.4 Å². The highest BCUT2D eigenvalue weighted by Gasteiger charge is 2.21. The molecule has 212 valence electrons. The number of rotatable bonds is 10. The predicted octanol–water partition coefficient (Wildman–Crippen LogP) is 7.77. The van der Waals surface area contributed by atoms with E-state index in [1.54, 1.807) is 0 Å². The Bertz CT molecular complexity index is 1660. The second-order valence-electron chi connectivity index (χ2n) is 10.6. The van der Waals surface area contributed by atoms with Gasteiger partial charge in [0.2, 0.25) is 11.4 Å². The van der Waals surface area contributed by atoms with Crippen LogP contribution in [0.5, 0.6) is 0 Å². The lowest BCUT2D eigenvalue weighted by atomic mass is 10.0. The summed E-state index contributed by atoms with van der Waals surface area (Å²) in [7, 11) is 0. The van der Waals surface area contributed by atoms with Crippen LogP contribution in [-0.4, -0.2) is 21.5 Å². The fraction of sp³-hybridized carbons (Fsp3) is 0.158. The topological polar surface area (TPSA) is 33.5 Å². The van der Waals surface area contributed by atoms with Crippen molar-refractivity contribution in [3.63, 3.8) is 0 Å². The summed E-state index contributed by atoms with van der Waals surface area (Å²) >= 11 is 2.00. The molecule has 0 aliphatic heterocycles. The summed E-state index contributed by atoms with van der Waals surface area (Å²) in [4.78, 5) is 9.22. The zero-order chi connectivity index (χ0) is 29.4. The van der Waals surface area contributed by atoms with Crippen LogP contribution in [0.4, 0.5) is 0 Å². The van der Waals surface area contributed by atoms with E-state index in [-0.39, 0.29) is 0 Å². The van der Waals surface area contributed by atoms with Crippen LogP contribution in [0.2, 0.25) is 0 Å². The van der Waals surface area contributed by atoms with Gasteiger partial charge in [-0.05, 0) is 48.5 Å². The van der Waals surface area contributed by atoms with Crippen molar-refractivity contribution in [2.24, 2.45) is 0 Å². The summed E-state index contributed by atoms with van der Waals surface area (Å²) in [5, 5.41) is 0. The molecule has 0 unspecified atom stereocenters. The van der Waals surface area contributed by atoms with E-state index in [0.29, 0.717) is 0 Å². The lowest BCUT2D eigenvalue weighted by Crippen LogP contribution is -2.42. The Kier molecular flexibility index (Phi) is 9.00. The molecule has 0 saturated carbocycles. The standard InChI is InChI=1S/C38H36N4S/c1-29-25-33(35-17-9-11-19-39-35)27-37(31-13-5-3-6-14-31)41(29)21-23-43-24-22-42-30(2)26-34(36-18-10-12-20-40-36)28-38(42)32-15-7-4-8-16-32/h3-20,25-28H,21-24H2,1-2H3/q+2. The van der Waals surface area contributed by atoms with Gasteiger partial charge in [0.1, 0.15) is 0 Å². The van der Waals surface area contributed by atoms with Crippen LogP contribution in [0.15, 0.2) is 134 Å². The van der Waals surface area contributed by atoms with E-state index in [9.17, 15) is 0 Å². The number of benzene rings is 2. The van der Waals surface area contributed by atoms with Gasteiger partial charge in [-0.1, -0.05) is 48.5 Å². The maximum absolute atomic E-state index is 4.61. The SMILES string of the molecule is Cc1cc(-c2ccccn2)cc(-c2ccccc2)[n+]1CCSCC[n+]1c(C)cc(-c2ccccn2)cc1-c1ccccc1. The molecular weight excluding hydrogens is 545 g/mol. The van der Waals surface area contributed by atoms with Gasteiger partial charge >= 0.3 is 0 Å². The summed E-state index contributed by atoms with van der Waals surface area (Å²) in [6, 6.07) is 42.6. The number of nitrogens with zero attached hydrogens (tertiary/aromatic N) is 4. The van der Waals surface area contributed by atoms with Gasteiger partial charge in [0.15, 0.2) is 24.5 Å². The van der Waals surface area contributed by atoms with Gasteiger partial charge < -0.3 is 0 Å². The third-order valence-corrected chi connectivity index (χ3v) is 8.67. The van der Waals surface area contributed by atoms with Crippen molar-refractivity contribution in [2.75, 3.05) is 11.5 Å². The summed E-state index contributed by atoms with van der Waals surface area (Å²) in [6.07, 6.45) is 3.72. The van der Waals surface area contributed by atoms with Gasteiger partial charge in [0.25, 0.3) is 0 Å². The van der Waals surface area contributed by atoms with Gasteiger partial charge in [0.05, 0.1) is 22.9 Å². The molecule has 0 spiro atoms. The van der Waals surface area contributed by atoms with Crippen LogP contribution >= 0.6 is 11.8 Å². The number of hydrogen-bond donors (Lipinski definition) is 0. The zero-order valence-electron chi connectivity index (χ0n) is 24.7. The fourth-order valence-corrected chi connectivity index (χ4v) is 6.41. The smallest absolute Gasteiger partial charge is 0.213 e. The van der Waals surface area contributed by atoms with Crippen LogP contribution in [0.3, 0.4) is 0 Å². The lowest BCUT2D eigenvalue weighted by molar-refractivity contribution is -0.688. The monoisotopic (exact) mass is 580 g/mol. The first-order valence-electron chi connectivity index (χ1n) is 14.8. The van der Waals surface area contributed by atoms with Crippen LogP contribution in [0, 0.1) is 13.8 Å². The van der Waals surface area contributed by atoms with Crippen LogP contribution < -0.4 is 9.13 Å². The molecule has 0 aliphatic carbocycles. The Hall–Kier alpha value is -4.61. The molecule has 0 aliphatic rings. The normalized spacial score (nSPS) is 11.0. The quantitative estimate of drug-likeness (QED) is 0.123. The molecule has 0 bridgehead atoms. The lowest BCUT2D eigenvalue weighted by Gasteiger charge is -2.11. The summed E-state index contributed by atoms with van der Waals surface area (Å²) in [5.41, 5.74) is 11.7. The third kappa shape index (κ3) is 6.73. The van der Waals surface area contributed by atoms with Gasteiger partial charge in [-0.2, -0.15) is 9.13 Å². The number of aromatic nitrogens is 4. The molecule has 0 N–H and O–H groups in total. The highest BCUT2D eigenvalue weighted by atomic mass is 32.2. The summed E-state index contributed by atoms with van der Waals surface area (Å²) in [6.45, 7) is 6.30. The van der Waals surface area contributed by atoms with Gasteiger partial charge in [-0.25, -0.2) is 0 Å². The second kappa shape index (κ2) is 13.6. The first kappa shape index (κ1) is 28.5. The Morgan fingerprint density at radius 3 is 1.30 bits per heavy atom. The molecule has 0 fully saturated rings. The average Bonchev–Trinajstić information content (AvgIpc) is 3.07. The highest BCUT2D eigenvalue weighted by Crippen LogP contribution is 2.25. The van der Waals surface area contributed by atoms with Crippen molar-refractivity contribution < 1.29 is 9.13 Å². The summed E-state index contributed by atoms with van der Waals surface area (Å²) in [5.74, 6) is 2.06. The first-order valence-corrected chi connectivity index (χ1v) is 15.9. The van der Waals surface area contributed by atoms with Crippen LogP contribution in [0.25, 0.3) is 45.0 Å². The van der Waals surface area contributed by atoms with E-state index in [1.165, 1.54) is 33.9 Å². The number of pyridine rings is 4. The molecule has 0 amide bonds. The Morgan fingerprint density at radius 1 is 0.488 bits per heavy atom. The van der Waals surface area contributed by atoms with E-state index in [0.717, 1.165) is 47.1 Å². The molecule has 6 rings (SSSR count). The van der Waals surface area contributed by atoms with E-state index in [4.69, 9.17) is 0 Å². The average molecular weight is 581 g/mol. The largest absolute Gasteiger partial charge is 0.256 e. The van der Waals surface area contributed by atoms with Crippen molar-refractivity contribution in [1.29, 1.82) is 0 Å². The van der Waals surface area contributed by atoms with E-state index in [2.05, 4.69) is 130 Å². The number of hydrogen-bond acceptors (Lipinski definition) is 3. The minimum absolute atomic E-state index is 0.941. The molecule has 5 heteroatoms. The molecular formula is C38H36N4S+2. The van der Waals surface area contributed by atoms with E-state index >= 15 is 0 Å². The Labute approximate surface area is 258 Å². The van der Waals surface area contributed by atoms with Gasteiger partial charge in [0, 0.05) is 72.8 Å². The van der Waals surface area contributed by atoms with Crippen LogP contribution in [0.1, 0.15) is 11.4 Å². The maximum Gasteiger partial charge on any atom is 0.213 e. The van der Waals surface area contributed by atoms with Gasteiger partial charge in [-0.15, -0.1) is 11.8 Å². The number of aryl methyl sites for hydroxylation is 2. The molecule has 4 aromatic heterocycles. The molecule has 0 saturated heterocycles. The minimum atomic E-state index is 0.941. The fourth-order valence-electron chi connectivity index (χ4n) is 5.59. The molecule has 0 atom stereocenters. The minimum Gasteiger partial charge on any atom is -0.256 e. The van der Waals surface area contributed by atoms with Gasteiger partial charge in [-0.3, -0.25) is 9.97 Å². The van der Waals surface area contributed by atoms with Crippen molar-refractivity contribution in [3.05, 3.63) is 145 Å². The van der Waals surface area contributed by atoms with Crippen LogP contribution in [-0.2, 0) is 13.1 Å². The van der Waals surface area contributed by atoms with Crippen molar-refractivity contribution >= 4 is 11.8 Å². The maximum atomic E-state index is 4.61. The molecule has 0 radical (unpaired) electrons. The highest BCUT2D eigenvalue weighted by molar-refractivity contribution is 7.99. The Balaban J connectivity index is 1.21. The van der Waals surface area contributed by atoms with Crippen molar-refractivity contribution in [2.45, 2.75) is 26.9 Å². The molecule has 4 nitrogen and oxygen atoms in total. The van der Waals surface area contributed by atoms with E-state index < -0.39 is 0 Å². The molecule has 2 aromatic carbocycles.